The summed E-state index contributed by atoms with van der Waals surface area (Å²) < 4.78 is 38.9. The van der Waals surface area contributed by atoms with E-state index in [9.17, 15) is 18.0 Å². The molecule has 3 heterocycles. The fourth-order valence-electron chi connectivity index (χ4n) is 3.97. The number of anilines is 1. The van der Waals surface area contributed by atoms with Crippen LogP contribution >= 0.6 is 0 Å². The molecule has 3 aliphatic rings. The fourth-order valence-corrected chi connectivity index (χ4v) is 5.51. The maximum Gasteiger partial charge on any atom is 0.299 e. The first-order valence-corrected chi connectivity index (χ1v) is 11.2. The first kappa shape index (κ1) is 19.5. The minimum absolute atomic E-state index is 0.0860. The summed E-state index contributed by atoms with van der Waals surface area (Å²) in [5.41, 5.74) is 0.632. The van der Waals surface area contributed by atoms with Crippen LogP contribution in [0.1, 0.15) is 44.6 Å². The van der Waals surface area contributed by atoms with Crippen LogP contribution in [0.5, 0.6) is 0 Å². The molecule has 0 bridgehead atoms. The monoisotopic (exact) mass is 408 g/mol. The Bertz CT molecular complexity index is 901. The van der Waals surface area contributed by atoms with Gasteiger partial charge in [-0.05, 0) is 43.9 Å². The molecule has 152 valence electrons. The minimum Gasteiger partial charge on any atom is -0.338 e. The van der Waals surface area contributed by atoms with Crippen LogP contribution in [0.4, 0.5) is 5.69 Å². The van der Waals surface area contributed by atoms with E-state index < -0.39 is 21.7 Å². The van der Waals surface area contributed by atoms with E-state index in [0.717, 1.165) is 17.7 Å². The zero-order chi connectivity index (χ0) is 19.9. The van der Waals surface area contributed by atoms with Crippen LogP contribution in [0.25, 0.3) is 0 Å². The maximum absolute atomic E-state index is 13.2. The molecular weight excluding hydrogens is 384 g/mol. The minimum atomic E-state index is -3.67. The second kappa shape index (κ2) is 7.22. The van der Waals surface area contributed by atoms with Gasteiger partial charge in [0.1, 0.15) is 0 Å². The lowest BCUT2D eigenvalue weighted by Gasteiger charge is -2.32. The Kier molecular flexibility index (Phi) is 5.03. The fraction of sp³-hybridized carbons (Fsp3) is 0.579. The Labute approximate surface area is 164 Å². The number of hydrogen-bond acceptors (Lipinski definition) is 6. The maximum atomic E-state index is 13.2. The van der Waals surface area contributed by atoms with Crippen LogP contribution < -0.4 is 4.90 Å². The zero-order valence-corrected chi connectivity index (χ0v) is 16.7. The number of amides is 2. The predicted octanol–water partition coefficient (Wildman–Crippen LogP) is 1.73. The van der Waals surface area contributed by atoms with E-state index in [1.165, 1.54) is 22.5 Å². The van der Waals surface area contributed by atoms with Crippen LogP contribution in [-0.4, -0.2) is 50.8 Å². The van der Waals surface area contributed by atoms with Gasteiger partial charge in [0.15, 0.2) is 0 Å². The number of carbonyl (C=O) groups is 2. The molecule has 0 aromatic heterocycles. The number of imide groups is 1. The summed E-state index contributed by atoms with van der Waals surface area (Å²) in [6, 6.07) is 4.40. The first-order valence-electron chi connectivity index (χ1n) is 9.72. The van der Waals surface area contributed by atoms with Gasteiger partial charge in [-0.2, -0.15) is 4.31 Å². The SMILES string of the molecule is CCCC(=O)N1C(=O)C2(OCCCO2)c2cc(S(=O)(=O)N3CCCC3)ccc21. The van der Waals surface area contributed by atoms with Crippen molar-refractivity contribution in [2.45, 2.75) is 49.7 Å². The van der Waals surface area contributed by atoms with Gasteiger partial charge in [0.05, 0.1) is 23.8 Å². The number of hydrogen-bond donors (Lipinski definition) is 0. The topological polar surface area (TPSA) is 93.2 Å². The average molecular weight is 408 g/mol. The summed E-state index contributed by atoms with van der Waals surface area (Å²) in [6.45, 7) is 3.41. The lowest BCUT2D eigenvalue weighted by molar-refractivity contribution is -0.256. The Morgan fingerprint density at radius 3 is 2.46 bits per heavy atom. The number of nitrogens with zero attached hydrogens (tertiary/aromatic N) is 2. The number of sulfonamides is 1. The Morgan fingerprint density at radius 1 is 1.14 bits per heavy atom. The van der Waals surface area contributed by atoms with Crippen LogP contribution in [0.2, 0.25) is 0 Å². The van der Waals surface area contributed by atoms with Crippen LogP contribution in [0.15, 0.2) is 23.1 Å². The van der Waals surface area contributed by atoms with Crippen molar-refractivity contribution in [3.05, 3.63) is 23.8 Å². The molecule has 28 heavy (non-hydrogen) atoms. The van der Waals surface area contributed by atoms with Crippen molar-refractivity contribution in [2.75, 3.05) is 31.2 Å². The van der Waals surface area contributed by atoms with Crippen LogP contribution in [0.3, 0.4) is 0 Å². The van der Waals surface area contributed by atoms with Crippen molar-refractivity contribution in [1.29, 1.82) is 0 Å². The van der Waals surface area contributed by atoms with Gasteiger partial charge in [-0.25, -0.2) is 13.3 Å². The molecule has 2 amide bonds. The molecule has 0 atom stereocenters. The van der Waals surface area contributed by atoms with Gasteiger partial charge in [-0.3, -0.25) is 9.59 Å². The van der Waals surface area contributed by atoms with Crippen LogP contribution in [0, 0.1) is 0 Å². The van der Waals surface area contributed by atoms with Crippen molar-refractivity contribution in [3.8, 4) is 0 Å². The third-order valence-electron chi connectivity index (χ3n) is 5.36. The quantitative estimate of drug-likeness (QED) is 0.753. The van der Waals surface area contributed by atoms with Crippen LogP contribution in [-0.2, 0) is 34.9 Å². The third kappa shape index (κ3) is 2.88. The average Bonchev–Trinajstić information content (AvgIpc) is 3.30. The molecule has 3 aliphatic heterocycles. The van der Waals surface area contributed by atoms with Crippen molar-refractivity contribution >= 4 is 27.5 Å². The highest BCUT2D eigenvalue weighted by Crippen LogP contribution is 2.46. The van der Waals surface area contributed by atoms with Crippen molar-refractivity contribution < 1.29 is 27.5 Å². The molecular formula is C19H24N2O6S. The Hall–Kier alpha value is -1.81. The van der Waals surface area contributed by atoms with Gasteiger partial charge in [-0.1, -0.05) is 6.92 Å². The number of fused-ring (bicyclic) bond motifs is 2. The number of carbonyl (C=O) groups excluding carboxylic acids is 2. The van der Waals surface area contributed by atoms with Crippen molar-refractivity contribution in [2.24, 2.45) is 0 Å². The molecule has 2 fully saturated rings. The molecule has 0 aliphatic carbocycles. The van der Waals surface area contributed by atoms with E-state index in [1.54, 1.807) is 0 Å². The van der Waals surface area contributed by atoms with E-state index in [1.807, 2.05) is 6.92 Å². The van der Waals surface area contributed by atoms with Gasteiger partial charge >= 0.3 is 0 Å². The first-order chi connectivity index (χ1) is 13.4. The lowest BCUT2D eigenvalue weighted by Crippen LogP contribution is -2.48. The van der Waals surface area contributed by atoms with Gasteiger partial charge in [0, 0.05) is 25.1 Å². The molecule has 0 saturated carbocycles. The summed E-state index contributed by atoms with van der Waals surface area (Å²) in [7, 11) is -3.67. The third-order valence-corrected chi connectivity index (χ3v) is 7.26. The second-order valence-corrected chi connectivity index (χ2v) is 9.18. The smallest absolute Gasteiger partial charge is 0.299 e. The van der Waals surface area contributed by atoms with E-state index in [2.05, 4.69) is 0 Å². The van der Waals surface area contributed by atoms with E-state index in [4.69, 9.17) is 9.47 Å². The number of ether oxygens (including phenoxy) is 2. The highest BCUT2D eigenvalue weighted by Gasteiger charge is 2.57. The molecule has 0 unspecified atom stereocenters. The highest BCUT2D eigenvalue weighted by atomic mass is 32.2. The molecule has 2 saturated heterocycles. The molecule has 1 spiro atoms. The standard InChI is InChI=1S/C19H24N2O6S/c1-2-6-17(22)21-16-8-7-14(28(24,25)20-9-3-4-10-20)13-15(16)19(18(21)23)26-11-5-12-27-19/h7-8,13H,2-6,9-12H2,1H3. The zero-order valence-electron chi connectivity index (χ0n) is 15.8. The van der Waals surface area contributed by atoms with E-state index in [-0.39, 0.29) is 17.2 Å². The van der Waals surface area contributed by atoms with Crippen molar-refractivity contribution in [3.63, 3.8) is 0 Å². The molecule has 0 N–H and O–H groups in total. The molecule has 9 heteroatoms. The second-order valence-electron chi connectivity index (χ2n) is 7.24. The summed E-state index contributed by atoms with van der Waals surface area (Å²) in [5.74, 6) is -2.69. The Morgan fingerprint density at radius 2 is 1.82 bits per heavy atom. The summed E-state index contributed by atoms with van der Waals surface area (Å²) in [5, 5.41) is 0. The summed E-state index contributed by atoms with van der Waals surface area (Å²) in [6.07, 6.45) is 3.08. The van der Waals surface area contributed by atoms with Gasteiger partial charge in [0.25, 0.3) is 11.7 Å². The van der Waals surface area contributed by atoms with E-state index in [0.29, 0.717) is 50.4 Å². The Balaban J connectivity index is 1.82. The molecule has 1 aromatic rings. The van der Waals surface area contributed by atoms with Gasteiger partial charge < -0.3 is 9.47 Å². The molecule has 8 nitrogen and oxygen atoms in total. The summed E-state index contributed by atoms with van der Waals surface area (Å²) in [4.78, 5) is 26.9. The number of rotatable bonds is 4. The number of benzene rings is 1. The highest BCUT2D eigenvalue weighted by molar-refractivity contribution is 7.89. The lowest BCUT2D eigenvalue weighted by atomic mass is 10.1. The molecule has 1 aromatic carbocycles. The summed E-state index contributed by atoms with van der Waals surface area (Å²) >= 11 is 0. The van der Waals surface area contributed by atoms with Crippen molar-refractivity contribution in [1.82, 2.24) is 4.31 Å². The normalized spacial score (nSPS) is 22.0. The predicted molar refractivity (Wildman–Crippen MR) is 100 cm³/mol. The van der Waals surface area contributed by atoms with E-state index >= 15 is 0 Å². The molecule has 0 radical (unpaired) electrons. The van der Waals surface area contributed by atoms with Gasteiger partial charge in [-0.15, -0.1) is 0 Å². The van der Waals surface area contributed by atoms with Gasteiger partial charge in [0.2, 0.25) is 15.9 Å². The molecule has 4 rings (SSSR count). The largest absolute Gasteiger partial charge is 0.338 e.